The first-order chi connectivity index (χ1) is 21.0. The highest BCUT2D eigenvalue weighted by molar-refractivity contribution is 5.85. The molecule has 2 aliphatic rings. The lowest BCUT2D eigenvalue weighted by Gasteiger charge is -2.36. The predicted octanol–water partition coefficient (Wildman–Crippen LogP) is 10.4. The van der Waals surface area contributed by atoms with Crippen LogP contribution in [0.2, 0.25) is 0 Å². The van der Waals surface area contributed by atoms with E-state index in [1.807, 2.05) is 24.3 Å². The number of hydrogen-bond acceptors (Lipinski definition) is 4. The molecule has 4 rings (SSSR count). The molecule has 0 bridgehead atoms. The number of halogens is 2. The average molecular weight is 664 g/mol. The Labute approximate surface area is 288 Å². The number of benzene rings is 2. The number of phenolic OH excluding ortho intramolecular Hbond substituents is 2. The fourth-order valence-electron chi connectivity index (χ4n) is 8.19. The molecular formula is C39H64Cl2N2O2. The summed E-state index contributed by atoms with van der Waals surface area (Å²) < 4.78 is 0. The summed E-state index contributed by atoms with van der Waals surface area (Å²) in [6, 6.07) is 16.1. The van der Waals surface area contributed by atoms with Gasteiger partial charge in [0.05, 0.1) is 0 Å². The third-order valence-corrected chi connectivity index (χ3v) is 11.0. The molecule has 2 aliphatic heterocycles. The number of hydrogen-bond donors (Lipinski definition) is 2. The van der Waals surface area contributed by atoms with Gasteiger partial charge < -0.3 is 20.0 Å². The Bertz CT molecular complexity index is 1000. The molecule has 0 spiro atoms. The van der Waals surface area contributed by atoms with Crippen LogP contribution in [0.25, 0.3) is 0 Å². The molecule has 0 radical (unpaired) electrons. The average Bonchev–Trinajstić information content (AvgIpc) is 3.37. The third kappa shape index (κ3) is 11.9. The molecule has 2 fully saturated rings. The number of rotatable bonds is 16. The molecule has 2 heterocycles. The Balaban J connectivity index is 0.00000353. The van der Waals surface area contributed by atoms with Crippen LogP contribution in [0.1, 0.15) is 134 Å². The van der Waals surface area contributed by atoms with Crippen molar-refractivity contribution in [3.05, 3.63) is 59.7 Å². The minimum absolute atomic E-state index is 0. The second-order valence-electron chi connectivity index (χ2n) is 14.0. The molecule has 256 valence electrons. The van der Waals surface area contributed by atoms with Gasteiger partial charge in [-0.2, -0.15) is 0 Å². The minimum atomic E-state index is 0. The zero-order valence-corrected chi connectivity index (χ0v) is 30.1. The molecule has 2 aromatic carbocycles. The lowest BCUT2D eigenvalue weighted by Crippen LogP contribution is -2.39. The summed E-state index contributed by atoms with van der Waals surface area (Å²) in [6.07, 6.45) is 22.2. The molecule has 2 saturated heterocycles. The molecule has 2 N–H and O–H groups in total. The van der Waals surface area contributed by atoms with Gasteiger partial charge >= 0.3 is 0 Å². The molecular weight excluding hydrogens is 599 g/mol. The van der Waals surface area contributed by atoms with Gasteiger partial charge in [-0.25, -0.2) is 0 Å². The minimum Gasteiger partial charge on any atom is -0.508 e. The lowest BCUT2D eigenvalue weighted by molar-refractivity contribution is 0.213. The quantitative estimate of drug-likeness (QED) is 0.176. The highest BCUT2D eigenvalue weighted by Gasteiger charge is 2.35. The van der Waals surface area contributed by atoms with Gasteiger partial charge in [0.1, 0.15) is 11.5 Å². The second kappa shape index (κ2) is 20.7. The number of phenols is 2. The van der Waals surface area contributed by atoms with Crippen molar-refractivity contribution >= 4 is 24.8 Å². The fourth-order valence-corrected chi connectivity index (χ4v) is 8.19. The summed E-state index contributed by atoms with van der Waals surface area (Å²) in [5.41, 5.74) is 3.03. The van der Waals surface area contributed by atoms with Gasteiger partial charge in [-0.1, -0.05) is 95.9 Å². The number of nitrogens with zero attached hydrogens (tertiary/aromatic N) is 2. The molecule has 2 atom stereocenters. The van der Waals surface area contributed by atoms with Gasteiger partial charge in [-0.3, -0.25) is 0 Å². The van der Waals surface area contributed by atoms with E-state index in [-0.39, 0.29) is 35.6 Å². The van der Waals surface area contributed by atoms with Crippen molar-refractivity contribution in [3.63, 3.8) is 0 Å². The normalized spacial score (nSPS) is 23.0. The molecule has 45 heavy (non-hydrogen) atoms. The Morgan fingerprint density at radius 2 is 0.933 bits per heavy atom. The summed E-state index contributed by atoms with van der Waals surface area (Å²) in [7, 11) is 0. The number of unbranched alkanes of at least 4 members (excludes halogenated alkanes) is 8. The monoisotopic (exact) mass is 662 g/mol. The topological polar surface area (TPSA) is 46.9 Å². The zero-order valence-electron chi connectivity index (χ0n) is 28.5. The summed E-state index contributed by atoms with van der Waals surface area (Å²) in [4.78, 5) is 5.44. The highest BCUT2D eigenvalue weighted by Crippen LogP contribution is 2.39. The van der Waals surface area contributed by atoms with Crippen molar-refractivity contribution < 1.29 is 10.2 Å². The van der Waals surface area contributed by atoms with Crippen molar-refractivity contribution in [2.45, 2.75) is 134 Å². The van der Waals surface area contributed by atoms with Gasteiger partial charge in [-0.05, 0) is 113 Å². The molecule has 0 aromatic heterocycles. The van der Waals surface area contributed by atoms with Crippen molar-refractivity contribution in [2.75, 3.05) is 39.3 Å². The first-order valence-corrected chi connectivity index (χ1v) is 18.0. The number of likely N-dealkylation sites (tertiary alicyclic amines) is 2. The van der Waals surface area contributed by atoms with Crippen LogP contribution in [0.15, 0.2) is 48.5 Å². The van der Waals surface area contributed by atoms with Gasteiger partial charge in [0.25, 0.3) is 0 Å². The summed E-state index contributed by atoms with van der Waals surface area (Å²) >= 11 is 0. The van der Waals surface area contributed by atoms with E-state index in [4.69, 9.17) is 0 Å². The summed E-state index contributed by atoms with van der Waals surface area (Å²) in [5.74, 6) is 0.811. The Hall–Kier alpha value is -1.46. The molecule has 0 unspecified atom stereocenters. The molecule has 6 heteroatoms. The largest absolute Gasteiger partial charge is 0.508 e. The fraction of sp³-hybridized carbons (Fsp3) is 0.692. The molecule has 2 aromatic rings. The van der Waals surface area contributed by atoms with Crippen molar-refractivity contribution in [1.82, 2.24) is 9.80 Å². The van der Waals surface area contributed by atoms with Crippen LogP contribution in [0.5, 0.6) is 11.5 Å². The third-order valence-electron chi connectivity index (χ3n) is 11.0. The molecule has 4 nitrogen and oxygen atoms in total. The maximum Gasteiger partial charge on any atom is 0.115 e. The summed E-state index contributed by atoms with van der Waals surface area (Å²) in [5, 5.41) is 20.2. The predicted molar refractivity (Wildman–Crippen MR) is 197 cm³/mol. The maximum atomic E-state index is 10.1. The van der Waals surface area contributed by atoms with Gasteiger partial charge in [0.15, 0.2) is 0 Å². The zero-order chi connectivity index (χ0) is 30.4. The van der Waals surface area contributed by atoms with E-state index in [0.717, 1.165) is 25.9 Å². The van der Waals surface area contributed by atoms with Crippen molar-refractivity contribution in [3.8, 4) is 11.5 Å². The number of aromatic hydroxyl groups is 2. The second-order valence-corrected chi connectivity index (χ2v) is 14.0. The van der Waals surface area contributed by atoms with Crippen LogP contribution in [0.3, 0.4) is 0 Å². The van der Waals surface area contributed by atoms with Gasteiger partial charge in [0, 0.05) is 23.9 Å². The molecule has 0 aliphatic carbocycles. The summed E-state index contributed by atoms with van der Waals surface area (Å²) in [6.45, 7) is 11.8. The Morgan fingerprint density at radius 1 is 0.556 bits per heavy atom. The van der Waals surface area contributed by atoms with Gasteiger partial charge in [0.2, 0.25) is 0 Å². The molecule has 0 amide bonds. The maximum absolute atomic E-state index is 10.1. The standard InChI is InChI=1S/C39H62N2O2.2ClH/c1-3-38(34-20-18-22-36(42)30-34)24-12-16-28-40(32-38)26-14-10-8-6-5-7-9-11-15-27-41-29-17-13-25-39(4-2,33-41)35-21-19-23-37(43)31-35;;/h18-23,30-31,42-43H,3-17,24-29,32-33H2,1-2H3;2*1H/t38-,39-;;/m1../s1. The van der Waals surface area contributed by atoms with Crippen molar-refractivity contribution in [1.29, 1.82) is 0 Å². The first kappa shape index (κ1) is 39.7. The Morgan fingerprint density at radius 3 is 1.29 bits per heavy atom. The van der Waals surface area contributed by atoms with Crippen LogP contribution in [-0.4, -0.2) is 59.3 Å². The first-order valence-electron chi connectivity index (χ1n) is 18.0. The Kier molecular flexibility index (Phi) is 18.3. The van der Waals surface area contributed by atoms with Crippen molar-refractivity contribution in [2.24, 2.45) is 0 Å². The van der Waals surface area contributed by atoms with Crippen LogP contribution >= 0.6 is 24.8 Å². The smallest absolute Gasteiger partial charge is 0.115 e. The lowest BCUT2D eigenvalue weighted by atomic mass is 9.74. The van der Waals surface area contributed by atoms with E-state index in [0.29, 0.717) is 11.5 Å². The van der Waals surface area contributed by atoms with Crippen LogP contribution in [0, 0.1) is 0 Å². The van der Waals surface area contributed by atoms with E-state index in [2.05, 4.69) is 35.8 Å². The van der Waals surface area contributed by atoms with Crippen LogP contribution in [0.4, 0.5) is 0 Å². The molecule has 0 saturated carbocycles. The van der Waals surface area contributed by atoms with E-state index < -0.39 is 0 Å². The van der Waals surface area contributed by atoms with E-state index in [9.17, 15) is 10.2 Å². The van der Waals surface area contributed by atoms with E-state index in [1.165, 1.54) is 134 Å². The van der Waals surface area contributed by atoms with E-state index in [1.54, 1.807) is 12.1 Å². The van der Waals surface area contributed by atoms with Crippen LogP contribution in [-0.2, 0) is 10.8 Å². The SMILES string of the molecule is CC[C@@]1(c2cccc(O)c2)CCCCN(CCCCCCCCCCCN2CCCC[C@@](CC)(c3cccc(O)c3)C2)C1.Cl.Cl. The van der Waals surface area contributed by atoms with E-state index >= 15 is 0 Å². The highest BCUT2D eigenvalue weighted by atomic mass is 35.5. The van der Waals surface area contributed by atoms with Gasteiger partial charge in [-0.15, -0.1) is 24.8 Å². The van der Waals surface area contributed by atoms with Crippen LogP contribution < -0.4 is 0 Å².